The van der Waals surface area contributed by atoms with Crippen LogP contribution in [0.2, 0.25) is 0 Å². The molecule has 1 amide bonds. The zero-order valence-corrected chi connectivity index (χ0v) is 16.6. The first-order valence-electron chi connectivity index (χ1n) is 8.83. The lowest BCUT2D eigenvalue weighted by Gasteiger charge is -2.21. The number of likely N-dealkylation sites (tertiary alicyclic amines) is 1. The number of hydrogen-bond acceptors (Lipinski definition) is 6. The predicted molar refractivity (Wildman–Crippen MR) is 104 cm³/mol. The van der Waals surface area contributed by atoms with E-state index < -0.39 is 22.3 Å². The van der Waals surface area contributed by atoms with E-state index in [0.717, 1.165) is 17.6 Å². The Kier molecular flexibility index (Phi) is 6.15. The smallest absolute Gasteiger partial charge is 0.410 e. The summed E-state index contributed by atoms with van der Waals surface area (Å²) in [6, 6.07) is 9.00. The van der Waals surface area contributed by atoms with Crippen LogP contribution < -0.4 is 0 Å². The van der Waals surface area contributed by atoms with E-state index in [1.165, 1.54) is 4.90 Å². The summed E-state index contributed by atoms with van der Waals surface area (Å²) in [5.41, 5.74) is 0.874. The van der Waals surface area contributed by atoms with Gasteiger partial charge in [-0.05, 0) is 11.6 Å². The Labute approximate surface area is 164 Å². The number of amides is 1. The third kappa shape index (κ3) is 5.43. The van der Waals surface area contributed by atoms with E-state index in [1.54, 1.807) is 12.3 Å². The first-order chi connectivity index (χ1) is 13.3. The van der Waals surface area contributed by atoms with Crippen molar-refractivity contribution in [3.05, 3.63) is 60.2 Å². The molecule has 0 N–H and O–H groups in total. The first kappa shape index (κ1) is 20.1. The molecule has 1 aromatic carbocycles. The number of rotatable bonds is 6. The molecule has 1 aliphatic rings. The minimum absolute atomic E-state index is 0.135. The van der Waals surface area contributed by atoms with Gasteiger partial charge in [0.25, 0.3) is 10.1 Å². The number of benzene rings is 1. The van der Waals surface area contributed by atoms with E-state index in [1.807, 2.05) is 54.2 Å². The summed E-state index contributed by atoms with van der Waals surface area (Å²) in [7, 11) is -1.76. The van der Waals surface area contributed by atoms with E-state index in [4.69, 9.17) is 8.92 Å². The van der Waals surface area contributed by atoms with Crippen LogP contribution >= 0.6 is 0 Å². The molecule has 0 unspecified atom stereocenters. The Bertz CT molecular complexity index is 939. The molecule has 2 aromatic rings. The van der Waals surface area contributed by atoms with Gasteiger partial charge in [-0.15, -0.1) is 0 Å². The van der Waals surface area contributed by atoms with Crippen LogP contribution in [0, 0.1) is 0 Å². The average Bonchev–Trinajstić information content (AvgIpc) is 3.23. The monoisotopic (exact) mass is 405 g/mol. The zero-order chi connectivity index (χ0) is 20.1. The van der Waals surface area contributed by atoms with Crippen molar-refractivity contribution in [1.82, 2.24) is 14.5 Å². The Morgan fingerprint density at radius 2 is 2.07 bits per heavy atom. The van der Waals surface area contributed by atoms with Gasteiger partial charge in [0, 0.05) is 25.9 Å². The van der Waals surface area contributed by atoms with Gasteiger partial charge in [0.1, 0.15) is 12.4 Å². The normalized spacial score (nSPS) is 20.0. The van der Waals surface area contributed by atoms with Gasteiger partial charge < -0.3 is 9.30 Å². The van der Waals surface area contributed by atoms with Crippen molar-refractivity contribution in [2.24, 2.45) is 7.05 Å². The van der Waals surface area contributed by atoms with E-state index in [0.29, 0.717) is 6.42 Å². The van der Waals surface area contributed by atoms with Gasteiger partial charge in [0.05, 0.1) is 24.9 Å². The average molecular weight is 405 g/mol. The summed E-state index contributed by atoms with van der Waals surface area (Å²) in [5.74, 6) is 0.727. The van der Waals surface area contributed by atoms with Crippen LogP contribution in [0.25, 0.3) is 6.08 Å². The van der Waals surface area contributed by atoms with Gasteiger partial charge >= 0.3 is 6.09 Å². The third-order valence-electron chi connectivity index (χ3n) is 4.38. The molecule has 3 rings (SSSR count). The summed E-state index contributed by atoms with van der Waals surface area (Å²) >= 11 is 0. The highest BCUT2D eigenvalue weighted by atomic mass is 32.2. The summed E-state index contributed by atoms with van der Waals surface area (Å²) < 4.78 is 35.3. The topological polar surface area (TPSA) is 90.7 Å². The van der Waals surface area contributed by atoms with Crippen LogP contribution in [0.15, 0.2) is 48.8 Å². The number of imidazole rings is 1. The summed E-state index contributed by atoms with van der Waals surface area (Å²) in [5, 5.41) is 0. The fraction of sp³-hybridized carbons (Fsp3) is 0.368. The van der Waals surface area contributed by atoms with Gasteiger partial charge in [0.2, 0.25) is 0 Å². The van der Waals surface area contributed by atoms with Crippen LogP contribution in [0.1, 0.15) is 17.8 Å². The predicted octanol–water partition coefficient (Wildman–Crippen LogP) is 2.19. The SMILES string of the molecule is Cn1ccnc1C=C[C@@H]1C[C@@H](OS(C)(=O)=O)CN1C(=O)OCc1ccccc1. The van der Waals surface area contributed by atoms with Gasteiger partial charge in [-0.2, -0.15) is 8.42 Å². The van der Waals surface area contributed by atoms with Crippen LogP contribution in [0.3, 0.4) is 0 Å². The van der Waals surface area contributed by atoms with Crippen molar-refractivity contribution in [1.29, 1.82) is 0 Å². The van der Waals surface area contributed by atoms with Crippen molar-refractivity contribution in [2.45, 2.75) is 25.2 Å². The van der Waals surface area contributed by atoms with Crippen molar-refractivity contribution < 1.29 is 22.1 Å². The molecule has 1 saturated heterocycles. The molecular weight excluding hydrogens is 382 g/mol. The standard InChI is InChI=1S/C19H23N3O5S/c1-21-11-10-20-18(21)9-8-16-12-17(27-28(2,24)25)13-22(16)19(23)26-14-15-6-4-3-5-7-15/h3-11,16-17H,12-14H2,1-2H3/t16-,17-/m1/s1. The molecule has 1 aliphatic heterocycles. The Morgan fingerprint density at radius 1 is 1.32 bits per heavy atom. The lowest BCUT2D eigenvalue weighted by atomic mass is 10.2. The van der Waals surface area contributed by atoms with Crippen LogP contribution in [0.4, 0.5) is 4.79 Å². The fourth-order valence-electron chi connectivity index (χ4n) is 3.07. The first-order valence-corrected chi connectivity index (χ1v) is 10.6. The Morgan fingerprint density at radius 3 is 2.71 bits per heavy atom. The maximum absolute atomic E-state index is 12.6. The maximum Gasteiger partial charge on any atom is 0.410 e. The van der Waals surface area contributed by atoms with E-state index in [2.05, 4.69) is 4.98 Å². The van der Waals surface area contributed by atoms with Crippen molar-refractivity contribution in [2.75, 3.05) is 12.8 Å². The second-order valence-corrected chi connectivity index (χ2v) is 8.27. The molecule has 1 aromatic heterocycles. The minimum atomic E-state index is -3.62. The molecule has 0 radical (unpaired) electrons. The van der Waals surface area contributed by atoms with Gasteiger partial charge in [0.15, 0.2) is 0 Å². The molecule has 150 valence electrons. The molecule has 0 bridgehead atoms. The highest BCUT2D eigenvalue weighted by Gasteiger charge is 2.37. The van der Waals surface area contributed by atoms with Gasteiger partial charge in [-0.1, -0.05) is 36.4 Å². The highest BCUT2D eigenvalue weighted by molar-refractivity contribution is 7.86. The van der Waals surface area contributed by atoms with Crippen LogP contribution in [-0.2, 0) is 32.7 Å². The third-order valence-corrected chi connectivity index (χ3v) is 5.00. The largest absolute Gasteiger partial charge is 0.445 e. The van der Waals surface area contributed by atoms with Crippen LogP contribution in [0.5, 0.6) is 0 Å². The molecule has 0 aliphatic carbocycles. The maximum atomic E-state index is 12.6. The highest BCUT2D eigenvalue weighted by Crippen LogP contribution is 2.24. The summed E-state index contributed by atoms with van der Waals surface area (Å²) in [6.07, 6.45) is 7.33. The molecule has 9 heteroatoms. The molecule has 0 spiro atoms. The minimum Gasteiger partial charge on any atom is -0.445 e. The molecule has 8 nitrogen and oxygen atoms in total. The second kappa shape index (κ2) is 8.57. The van der Waals surface area contributed by atoms with E-state index >= 15 is 0 Å². The second-order valence-electron chi connectivity index (χ2n) is 6.67. The molecule has 28 heavy (non-hydrogen) atoms. The summed E-state index contributed by atoms with van der Waals surface area (Å²) in [6.45, 7) is 0.278. The van der Waals surface area contributed by atoms with E-state index in [-0.39, 0.29) is 19.2 Å². The number of hydrogen-bond donors (Lipinski definition) is 0. The van der Waals surface area contributed by atoms with Crippen molar-refractivity contribution >= 4 is 22.3 Å². The van der Waals surface area contributed by atoms with E-state index in [9.17, 15) is 13.2 Å². The Hall–Kier alpha value is -2.65. The lowest BCUT2D eigenvalue weighted by molar-refractivity contribution is 0.0938. The van der Waals surface area contributed by atoms with Crippen molar-refractivity contribution in [3.63, 3.8) is 0 Å². The molecular formula is C19H23N3O5S. The number of nitrogens with zero attached hydrogens (tertiary/aromatic N) is 3. The molecule has 2 atom stereocenters. The fourth-order valence-corrected chi connectivity index (χ4v) is 3.71. The number of carbonyl (C=O) groups is 1. The quantitative estimate of drug-likeness (QED) is 0.685. The lowest BCUT2D eigenvalue weighted by Crippen LogP contribution is -2.35. The Balaban J connectivity index is 1.71. The zero-order valence-electron chi connectivity index (χ0n) is 15.8. The molecule has 0 saturated carbocycles. The number of carbonyl (C=O) groups excluding carboxylic acids is 1. The number of aryl methyl sites for hydroxylation is 1. The number of aromatic nitrogens is 2. The van der Waals surface area contributed by atoms with Gasteiger partial charge in [-0.25, -0.2) is 9.78 Å². The van der Waals surface area contributed by atoms with Crippen molar-refractivity contribution in [3.8, 4) is 0 Å². The molecule has 2 heterocycles. The summed E-state index contributed by atoms with van der Waals surface area (Å²) in [4.78, 5) is 18.3. The number of ether oxygens (including phenoxy) is 1. The van der Waals surface area contributed by atoms with Gasteiger partial charge in [-0.3, -0.25) is 9.08 Å². The molecule has 1 fully saturated rings. The van der Waals surface area contributed by atoms with Crippen LogP contribution in [-0.4, -0.2) is 53.9 Å².